The van der Waals surface area contributed by atoms with Crippen molar-refractivity contribution >= 4 is 11.9 Å². The van der Waals surface area contributed by atoms with Gasteiger partial charge in [-0.2, -0.15) is 0 Å². The van der Waals surface area contributed by atoms with E-state index in [0.717, 1.165) is 16.7 Å². The van der Waals surface area contributed by atoms with Crippen molar-refractivity contribution < 1.29 is 19.4 Å². The average molecular weight is 325 g/mol. The van der Waals surface area contributed by atoms with Crippen molar-refractivity contribution in [3.63, 3.8) is 0 Å². The van der Waals surface area contributed by atoms with Crippen molar-refractivity contribution in [3.05, 3.63) is 70.8 Å². The molecular weight excluding hydrogens is 306 g/mol. The minimum Gasteiger partial charge on any atom is -0.481 e. The maximum atomic E-state index is 12.7. The van der Waals surface area contributed by atoms with Crippen LogP contribution >= 0.6 is 0 Å². The number of ether oxygens (including phenoxy) is 1. The molecule has 5 heteroatoms. The van der Waals surface area contributed by atoms with Gasteiger partial charge in [0, 0.05) is 25.8 Å². The Morgan fingerprint density at radius 3 is 2.54 bits per heavy atom. The lowest BCUT2D eigenvalue weighted by Gasteiger charge is -2.33. The van der Waals surface area contributed by atoms with Gasteiger partial charge in [-0.1, -0.05) is 36.4 Å². The van der Waals surface area contributed by atoms with E-state index in [1.54, 1.807) is 24.1 Å². The van der Waals surface area contributed by atoms with Crippen molar-refractivity contribution in [2.75, 3.05) is 13.7 Å². The van der Waals surface area contributed by atoms with Gasteiger partial charge in [0.15, 0.2) is 0 Å². The molecule has 1 heterocycles. The number of hydrogen-bond donors (Lipinski definition) is 1. The fourth-order valence-electron chi connectivity index (χ4n) is 3.07. The molecule has 0 spiro atoms. The summed E-state index contributed by atoms with van der Waals surface area (Å²) in [6.07, 6.45) is 0. The molecule has 0 radical (unpaired) electrons. The van der Waals surface area contributed by atoms with Gasteiger partial charge in [0.2, 0.25) is 0 Å². The van der Waals surface area contributed by atoms with Crippen LogP contribution in [0.2, 0.25) is 0 Å². The highest BCUT2D eigenvalue weighted by molar-refractivity contribution is 5.95. The SMILES string of the molecule is COCc1ccc(C(=O)N2Cc3ccccc3[C@@H](C(=O)O)C2)cc1. The lowest BCUT2D eigenvalue weighted by Crippen LogP contribution is -2.40. The number of carboxylic acids is 1. The predicted octanol–water partition coefficient (Wildman–Crippen LogP) is 2.66. The van der Waals surface area contributed by atoms with E-state index in [1.807, 2.05) is 36.4 Å². The third kappa shape index (κ3) is 3.16. The molecule has 0 aliphatic carbocycles. The monoisotopic (exact) mass is 325 g/mol. The molecule has 1 aliphatic rings. The Bertz CT molecular complexity index is 754. The summed E-state index contributed by atoms with van der Waals surface area (Å²) in [5.41, 5.74) is 3.23. The molecule has 2 aromatic carbocycles. The maximum absolute atomic E-state index is 12.7. The molecule has 1 amide bonds. The summed E-state index contributed by atoms with van der Waals surface area (Å²) in [6, 6.07) is 14.6. The molecule has 3 rings (SSSR count). The Balaban J connectivity index is 1.84. The van der Waals surface area contributed by atoms with Crippen molar-refractivity contribution in [2.45, 2.75) is 19.1 Å². The normalized spacial score (nSPS) is 16.5. The van der Waals surface area contributed by atoms with E-state index in [9.17, 15) is 14.7 Å². The minimum absolute atomic E-state index is 0.153. The largest absolute Gasteiger partial charge is 0.481 e. The van der Waals surface area contributed by atoms with Gasteiger partial charge in [0.1, 0.15) is 0 Å². The van der Waals surface area contributed by atoms with Crippen molar-refractivity contribution in [2.24, 2.45) is 0 Å². The smallest absolute Gasteiger partial charge is 0.312 e. The van der Waals surface area contributed by atoms with Gasteiger partial charge in [-0.25, -0.2) is 0 Å². The maximum Gasteiger partial charge on any atom is 0.312 e. The van der Waals surface area contributed by atoms with E-state index in [0.29, 0.717) is 18.7 Å². The standard InChI is InChI=1S/C19H19NO4/c1-24-12-13-6-8-14(9-7-13)18(21)20-10-15-4-2-3-5-16(15)17(11-20)19(22)23/h2-9,17H,10-12H2,1H3,(H,22,23)/t17-/m0/s1. The van der Waals surface area contributed by atoms with Crippen LogP contribution in [0.15, 0.2) is 48.5 Å². The second-order valence-electron chi connectivity index (χ2n) is 5.91. The Morgan fingerprint density at radius 1 is 1.17 bits per heavy atom. The Morgan fingerprint density at radius 2 is 1.88 bits per heavy atom. The molecule has 0 unspecified atom stereocenters. The van der Waals surface area contributed by atoms with Crippen molar-refractivity contribution in [1.29, 1.82) is 0 Å². The third-order valence-electron chi connectivity index (χ3n) is 4.29. The molecule has 1 aliphatic heterocycles. The van der Waals surface area contributed by atoms with E-state index in [2.05, 4.69) is 0 Å². The molecule has 0 fully saturated rings. The summed E-state index contributed by atoms with van der Waals surface area (Å²) < 4.78 is 5.06. The number of methoxy groups -OCH3 is 1. The molecule has 0 aromatic heterocycles. The first-order valence-electron chi connectivity index (χ1n) is 7.78. The fourth-order valence-corrected chi connectivity index (χ4v) is 3.07. The van der Waals surface area contributed by atoms with Crippen LogP contribution < -0.4 is 0 Å². The summed E-state index contributed by atoms with van der Waals surface area (Å²) in [6.45, 7) is 1.11. The van der Waals surface area contributed by atoms with Gasteiger partial charge in [-0.15, -0.1) is 0 Å². The highest BCUT2D eigenvalue weighted by atomic mass is 16.5. The van der Waals surface area contributed by atoms with Gasteiger partial charge in [0.05, 0.1) is 12.5 Å². The van der Waals surface area contributed by atoms with E-state index in [4.69, 9.17) is 4.74 Å². The Kier molecular flexibility index (Phi) is 4.62. The molecular formula is C19H19NO4. The highest BCUT2D eigenvalue weighted by Gasteiger charge is 2.32. The molecule has 0 bridgehead atoms. The zero-order valence-corrected chi connectivity index (χ0v) is 13.4. The number of aliphatic carboxylic acids is 1. The summed E-state index contributed by atoms with van der Waals surface area (Å²) in [5.74, 6) is -1.75. The summed E-state index contributed by atoms with van der Waals surface area (Å²) in [7, 11) is 1.62. The molecule has 24 heavy (non-hydrogen) atoms. The summed E-state index contributed by atoms with van der Waals surface area (Å²) in [4.78, 5) is 25.9. The van der Waals surface area contributed by atoms with Crippen LogP contribution in [-0.2, 0) is 22.7 Å². The topological polar surface area (TPSA) is 66.8 Å². The Hall–Kier alpha value is -2.66. The fraction of sp³-hybridized carbons (Fsp3) is 0.263. The van der Waals surface area contributed by atoms with E-state index in [1.165, 1.54) is 0 Å². The molecule has 1 N–H and O–H groups in total. The van der Waals surface area contributed by atoms with Crippen LogP contribution in [0.4, 0.5) is 0 Å². The number of carbonyl (C=O) groups is 2. The van der Waals surface area contributed by atoms with E-state index >= 15 is 0 Å². The first-order chi connectivity index (χ1) is 11.6. The molecule has 0 saturated carbocycles. The number of rotatable bonds is 4. The zero-order valence-electron chi connectivity index (χ0n) is 13.4. The zero-order chi connectivity index (χ0) is 17.1. The number of hydrogen-bond acceptors (Lipinski definition) is 3. The number of carbonyl (C=O) groups excluding carboxylic acids is 1. The number of carboxylic acid groups (broad SMARTS) is 1. The van der Waals surface area contributed by atoms with Crippen molar-refractivity contribution in [1.82, 2.24) is 4.90 Å². The van der Waals surface area contributed by atoms with Gasteiger partial charge in [-0.05, 0) is 28.8 Å². The second kappa shape index (κ2) is 6.84. The van der Waals surface area contributed by atoms with Crippen LogP contribution in [0, 0.1) is 0 Å². The lowest BCUT2D eigenvalue weighted by atomic mass is 9.89. The molecule has 1 atom stereocenters. The van der Waals surface area contributed by atoms with Crippen LogP contribution in [0.5, 0.6) is 0 Å². The molecule has 5 nitrogen and oxygen atoms in total. The summed E-state index contributed by atoms with van der Waals surface area (Å²) >= 11 is 0. The third-order valence-corrected chi connectivity index (χ3v) is 4.29. The lowest BCUT2D eigenvalue weighted by molar-refractivity contribution is -0.139. The molecule has 124 valence electrons. The average Bonchev–Trinajstić information content (AvgIpc) is 2.61. The Labute approximate surface area is 140 Å². The number of benzene rings is 2. The van der Waals surface area contributed by atoms with E-state index in [-0.39, 0.29) is 12.5 Å². The van der Waals surface area contributed by atoms with Crippen molar-refractivity contribution in [3.8, 4) is 0 Å². The number of fused-ring (bicyclic) bond motifs is 1. The van der Waals surface area contributed by atoms with Crippen LogP contribution in [0.25, 0.3) is 0 Å². The first-order valence-corrected chi connectivity index (χ1v) is 7.78. The molecule has 0 saturated heterocycles. The van der Waals surface area contributed by atoms with E-state index < -0.39 is 11.9 Å². The number of amides is 1. The molecule has 2 aromatic rings. The van der Waals surface area contributed by atoms with Gasteiger partial charge in [-0.3, -0.25) is 9.59 Å². The predicted molar refractivity (Wildman–Crippen MR) is 88.7 cm³/mol. The first kappa shape index (κ1) is 16.2. The summed E-state index contributed by atoms with van der Waals surface area (Å²) in [5, 5.41) is 9.50. The highest BCUT2D eigenvalue weighted by Crippen LogP contribution is 2.29. The van der Waals surface area contributed by atoms with Crippen LogP contribution in [0.3, 0.4) is 0 Å². The van der Waals surface area contributed by atoms with Gasteiger partial charge < -0.3 is 14.7 Å². The second-order valence-corrected chi connectivity index (χ2v) is 5.91. The van der Waals surface area contributed by atoms with Gasteiger partial charge >= 0.3 is 5.97 Å². The van der Waals surface area contributed by atoms with Crippen LogP contribution in [0.1, 0.15) is 33.0 Å². The van der Waals surface area contributed by atoms with Crippen LogP contribution in [-0.4, -0.2) is 35.5 Å². The quantitative estimate of drug-likeness (QED) is 0.938. The number of nitrogens with zero attached hydrogens (tertiary/aromatic N) is 1. The van der Waals surface area contributed by atoms with Gasteiger partial charge in [0.25, 0.3) is 5.91 Å². The minimum atomic E-state index is -0.907.